The molecule has 1 aromatic rings. The smallest absolute Gasteiger partial charge is 0.276 e. The van der Waals surface area contributed by atoms with E-state index in [1.165, 1.54) is 25.5 Å². The maximum absolute atomic E-state index is 13.0. The molecule has 1 atom stereocenters. The highest BCUT2D eigenvalue weighted by Gasteiger charge is 2.27. The predicted octanol–water partition coefficient (Wildman–Crippen LogP) is 1.98. The van der Waals surface area contributed by atoms with Crippen LogP contribution in [0.15, 0.2) is 10.7 Å². The summed E-state index contributed by atoms with van der Waals surface area (Å²) in [4.78, 5) is 24.0. The van der Waals surface area contributed by atoms with Crippen LogP contribution in [0.3, 0.4) is 0 Å². The average Bonchev–Trinajstić information content (AvgIpc) is 3.23. The molecule has 2 heterocycles. The zero-order chi connectivity index (χ0) is 21.3. The molecule has 0 spiro atoms. The van der Waals surface area contributed by atoms with Gasteiger partial charge in [-0.05, 0) is 26.7 Å². The molecule has 0 radical (unpaired) electrons. The van der Waals surface area contributed by atoms with E-state index in [0.29, 0.717) is 50.5 Å². The third kappa shape index (κ3) is 6.51. The fourth-order valence-electron chi connectivity index (χ4n) is 4.52. The van der Waals surface area contributed by atoms with E-state index in [9.17, 15) is 9.90 Å². The molecule has 1 aliphatic carbocycles. The largest absolute Gasteiger partial charge is 0.447 e. The summed E-state index contributed by atoms with van der Waals surface area (Å²) < 4.78 is 10.9. The molecule has 1 saturated heterocycles. The molecule has 0 unspecified atom stereocenters. The van der Waals surface area contributed by atoms with Gasteiger partial charge in [0.25, 0.3) is 5.91 Å². The van der Waals surface area contributed by atoms with Crippen molar-refractivity contribution in [2.45, 2.75) is 64.6 Å². The number of oxazole rings is 1. The summed E-state index contributed by atoms with van der Waals surface area (Å²) in [7, 11) is 0. The summed E-state index contributed by atoms with van der Waals surface area (Å²) in [6.07, 6.45) is 6.93. The molecule has 1 N–H and O–H groups in total. The van der Waals surface area contributed by atoms with Crippen molar-refractivity contribution in [1.29, 1.82) is 0 Å². The van der Waals surface area contributed by atoms with Gasteiger partial charge in [0.05, 0.1) is 19.3 Å². The highest BCUT2D eigenvalue weighted by molar-refractivity contribution is 5.92. The van der Waals surface area contributed by atoms with Gasteiger partial charge in [-0.3, -0.25) is 14.6 Å². The fraction of sp³-hybridized carbons (Fsp3) is 0.818. The van der Waals surface area contributed by atoms with Gasteiger partial charge in [-0.15, -0.1) is 0 Å². The molecular formula is C22H38N4O4. The summed E-state index contributed by atoms with van der Waals surface area (Å²) in [5, 5.41) is 10.0. The highest BCUT2D eigenvalue weighted by Crippen LogP contribution is 2.24. The van der Waals surface area contributed by atoms with Gasteiger partial charge in [0, 0.05) is 51.9 Å². The van der Waals surface area contributed by atoms with Gasteiger partial charge in [-0.25, -0.2) is 4.98 Å². The van der Waals surface area contributed by atoms with Gasteiger partial charge in [0.1, 0.15) is 6.26 Å². The topological polar surface area (TPSA) is 82.3 Å². The van der Waals surface area contributed by atoms with Crippen LogP contribution < -0.4 is 0 Å². The number of carbonyl (C=O) groups excluding carboxylic acids is 1. The number of piperazine rings is 1. The average molecular weight is 423 g/mol. The fourth-order valence-corrected chi connectivity index (χ4v) is 4.52. The third-order valence-electron chi connectivity index (χ3n) is 6.19. The van der Waals surface area contributed by atoms with Gasteiger partial charge in [0.2, 0.25) is 5.89 Å². The quantitative estimate of drug-likeness (QED) is 0.617. The zero-order valence-corrected chi connectivity index (χ0v) is 18.6. The van der Waals surface area contributed by atoms with Crippen LogP contribution in [-0.4, -0.2) is 95.3 Å². The normalized spacial score (nSPS) is 20.4. The summed E-state index contributed by atoms with van der Waals surface area (Å²) in [5.41, 5.74) is 0.426. The summed E-state index contributed by atoms with van der Waals surface area (Å²) in [6, 6.07) is 0.336. The maximum Gasteiger partial charge on any atom is 0.276 e. The lowest BCUT2D eigenvalue weighted by molar-refractivity contribution is 0.00948. The first kappa shape index (κ1) is 23.2. The first-order valence-electron chi connectivity index (χ1n) is 11.6. The molecule has 1 aliphatic heterocycles. The number of hydrogen-bond acceptors (Lipinski definition) is 7. The van der Waals surface area contributed by atoms with E-state index in [-0.39, 0.29) is 5.91 Å². The first-order valence-corrected chi connectivity index (χ1v) is 11.6. The monoisotopic (exact) mass is 422 g/mol. The SMILES string of the molecule is CCOC[C@H](O)CN1CCN(Cc2nc(C(=O)N(CC)C3CCCCC3)co2)CC1. The second-order valence-electron chi connectivity index (χ2n) is 8.40. The molecule has 8 heteroatoms. The van der Waals surface area contributed by atoms with Crippen LogP contribution in [0.2, 0.25) is 0 Å². The van der Waals surface area contributed by atoms with E-state index < -0.39 is 6.10 Å². The second kappa shape index (κ2) is 11.8. The van der Waals surface area contributed by atoms with Crippen LogP contribution in [0.5, 0.6) is 0 Å². The maximum atomic E-state index is 13.0. The minimum Gasteiger partial charge on any atom is -0.447 e. The Bertz CT molecular complexity index is 639. The number of ether oxygens (including phenoxy) is 1. The van der Waals surface area contributed by atoms with Gasteiger partial charge < -0.3 is 19.2 Å². The van der Waals surface area contributed by atoms with Crippen LogP contribution >= 0.6 is 0 Å². The number of nitrogens with zero attached hydrogens (tertiary/aromatic N) is 4. The minimum atomic E-state index is -0.442. The summed E-state index contributed by atoms with van der Waals surface area (Å²) in [6.45, 7) is 10.5. The standard InChI is InChI=1S/C22H38N4O4/c1-3-26(18-8-6-5-7-9-18)22(28)20-17-30-21(23-20)15-25-12-10-24(11-13-25)14-19(27)16-29-4-2/h17-19,27H,3-16H2,1-2H3/t19-/m1/s1. The lowest BCUT2D eigenvalue weighted by atomic mass is 9.94. The van der Waals surface area contributed by atoms with E-state index in [0.717, 1.165) is 39.0 Å². The molecule has 0 bridgehead atoms. The van der Waals surface area contributed by atoms with Crippen LogP contribution in [0.4, 0.5) is 0 Å². The Labute approximate surface area is 180 Å². The molecule has 2 aliphatic rings. The summed E-state index contributed by atoms with van der Waals surface area (Å²) in [5.74, 6) is 0.593. The Balaban J connectivity index is 1.46. The number of carbonyl (C=O) groups is 1. The van der Waals surface area contributed by atoms with Crippen molar-refractivity contribution in [3.63, 3.8) is 0 Å². The number of aromatic nitrogens is 1. The predicted molar refractivity (Wildman–Crippen MR) is 114 cm³/mol. The lowest BCUT2D eigenvalue weighted by Gasteiger charge is -2.34. The molecular weight excluding hydrogens is 384 g/mol. The van der Waals surface area contributed by atoms with E-state index in [2.05, 4.69) is 14.8 Å². The van der Waals surface area contributed by atoms with Crippen molar-refractivity contribution in [3.05, 3.63) is 17.8 Å². The molecule has 1 saturated carbocycles. The van der Waals surface area contributed by atoms with Crippen LogP contribution in [-0.2, 0) is 11.3 Å². The van der Waals surface area contributed by atoms with E-state index in [4.69, 9.17) is 9.15 Å². The molecule has 30 heavy (non-hydrogen) atoms. The van der Waals surface area contributed by atoms with Gasteiger partial charge in [0.15, 0.2) is 5.69 Å². The Morgan fingerprint density at radius 2 is 1.93 bits per heavy atom. The number of rotatable bonds is 10. The van der Waals surface area contributed by atoms with Crippen molar-refractivity contribution in [2.75, 3.05) is 52.5 Å². The van der Waals surface area contributed by atoms with E-state index >= 15 is 0 Å². The molecule has 170 valence electrons. The summed E-state index contributed by atoms with van der Waals surface area (Å²) >= 11 is 0. The Morgan fingerprint density at radius 1 is 1.23 bits per heavy atom. The van der Waals surface area contributed by atoms with Crippen molar-refractivity contribution in [1.82, 2.24) is 19.7 Å². The third-order valence-corrected chi connectivity index (χ3v) is 6.19. The number of β-amino-alcohol motifs (C(OH)–C–C–N with tert-alkyl or cyclic N) is 1. The molecule has 3 rings (SSSR count). The van der Waals surface area contributed by atoms with E-state index in [1.807, 2.05) is 18.7 Å². The Hall–Kier alpha value is -1.48. The minimum absolute atomic E-state index is 0.00694. The number of aliphatic hydroxyl groups excluding tert-OH is 1. The van der Waals surface area contributed by atoms with Crippen molar-refractivity contribution in [2.24, 2.45) is 0 Å². The van der Waals surface area contributed by atoms with Crippen LogP contribution in [0, 0.1) is 0 Å². The number of hydrogen-bond donors (Lipinski definition) is 1. The van der Waals surface area contributed by atoms with Gasteiger partial charge in [-0.1, -0.05) is 19.3 Å². The van der Waals surface area contributed by atoms with Crippen molar-refractivity contribution in [3.8, 4) is 0 Å². The molecule has 1 aromatic heterocycles. The Kier molecular flexibility index (Phi) is 9.11. The number of amides is 1. The molecule has 8 nitrogen and oxygen atoms in total. The van der Waals surface area contributed by atoms with Crippen LogP contribution in [0.25, 0.3) is 0 Å². The van der Waals surface area contributed by atoms with Crippen LogP contribution in [0.1, 0.15) is 62.3 Å². The molecule has 1 amide bonds. The van der Waals surface area contributed by atoms with Crippen molar-refractivity contribution >= 4 is 5.91 Å². The highest BCUT2D eigenvalue weighted by atomic mass is 16.5. The second-order valence-corrected chi connectivity index (χ2v) is 8.40. The number of aliphatic hydroxyl groups is 1. The molecule has 0 aromatic carbocycles. The Morgan fingerprint density at radius 3 is 2.60 bits per heavy atom. The van der Waals surface area contributed by atoms with Crippen molar-refractivity contribution < 1.29 is 19.1 Å². The zero-order valence-electron chi connectivity index (χ0n) is 18.6. The first-order chi connectivity index (χ1) is 14.6. The molecule has 2 fully saturated rings. The van der Waals surface area contributed by atoms with Gasteiger partial charge >= 0.3 is 0 Å². The van der Waals surface area contributed by atoms with Gasteiger partial charge in [-0.2, -0.15) is 0 Å². The van der Waals surface area contributed by atoms with E-state index in [1.54, 1.807) is 0 Å². The lowest BCUT2D eigenvalue weighted by Crippen LogP contribution is -2.48.